The van der Waals surface area contributed by atoms with E-state index in [1.807, 2.05) is 32.0 Å². The summed E-state index contributed by atoms with van der Waals surface area (Å²) >= 11 is 6.02. The lowest BCUT2D eigenvalue weighted by Crippen LogP contribution is -2.28. The van der Waals surface area contributed by atoms with E-state index in [0.717, 1.165) is 11.1 Å². The first kappa shape index (κ1) is 18.8. The van der Waals surface area contributed by atoms with Crippen molar-refractivity contribution in [2.75, 3.05) is 5.32 Å². The Morgan fingerprint density at radius 1 is 1.14 bits per heavy atom. The molecular formula is C20H17ClN6O2. The maximum absolute atomic E-state index is 12.7. The lowest BCUT2D eigenvalue weighted by atomic mass is 10.1. The number of benzene rings is 2. The highest BCUT2D eigenvalue weighted by Gasteiger charge is 2.15. The highest BCUT2D eigenvalue weighted by Crippen LogP contribution is 2.17. The first-order valence-corrected chi connectivity index (χ1v) is 9.23. The van der Waals surface area contributed by atoms with E-state index in [0.29, 0.717) is 22.0 Å². The molecule has 0 aliphatic carbocycles. The van der Waals surface area contributed by atoms with Crippen molar-refractivity contribution < 1.29 is 4.79 Å². The average molecular weight is 409 g/mol. The first-order valence-electron chi connectivity index (χ1n) is 8.85. The van der Waals surface area contributed by atoms with Crippen LogP contribution in [0, 0.1) is 13.8 Å². The molecule has 0 saturated carbocycles. The second-order valence-electron chi connectivity index (χ2n) is 6.76. The Morgan fingerprint density at radius 3 is 2.62 bits per heavy atom. The summed E-state index contributed by atoms with van der Waals surface area (Å²) in [5.41, 5.74) is 3.32. The van der Waals surface area contributed by atoms with Gasteiger partial charge in [-0.1, -0.05) is 28.9 Å². The summed E-state index contributed by atoms with van der Waals surface area (Å²) in [5, 5.41) is 11.3. The van der Waals surface area contributed by atoms with Crippen LogP contribution in [-0.2, 0) is 11.3 Å². The van der Waals surface area contributed by atoms with Crippen LogP contribution in [0.3, 0.4) is 0 Å². The van der Waals surface area contributed by atoms with Crippen molar-refractivity contribution in [2.45, 2.75) is 20.4 Å². The molecule has 4 rings (SSSR count). The number of hydrogen-bond acceptors (Lipinski definition) is 5. The summed E-state index contributed by atoms with van der Waals surface area (Å²) < 4.78 is 2.64. The van der Waals surface area contributed by atoms with E-state index < -0.39 is 5.56 Å². The Labute approximate surface area is 170 Å². The molecular weight excluding hydrogens is 392 g/mol. The second-order valence-corrected chi connectivity index (χ2v) is 7.19. The number of amides is 1. The fourth-order valence-corrected chi connectivity index (χ4v) is 3.32. The van der Waals surface area contributed by atoms with Gasteiger partial charge in [0.25, 0.3) is 5.56 Å². The number of nitrogens with one attached hydrogen (secondary N) is 1. The molecule has 2 aromatic heterocycles. The van der Waals surface area contributed by atoms with Gasteiger partial charge in [-0.2, -0.15) is 4.68 Å². The summed E-state index contributed by atoms with van der Waals surface area (Å²) in [4.78, 5) is 29.4. The number of carbonyl (C=O) groups is 1. The third-order valence-electron chi connectivity index (χ3n) is 4.30. The predicted octanol–water partition coefficient (Wildman–Crippen LogP) is 2.89. The molecule has 2 aromatic carbocycles. The number of fused-ring (bicyclic) bond motifs is 1. The van der Waals surface area contributed by atoms with Crippen molar-refractivity contribution in [2.24, 2.45) is 0 Å². The second kappa shape index (κ2) is 7.48. The van der Waals surface area contributed by atoms with Crippen molar-refractivity contribution in [3.8, 4) is 5.69 Å². The van der Waals surface area contributed by atoms with Crippen molar-refractivity contribution in [1.82, 2.24) is 24.5 Å². The van der Waals surface area contributed by atoms with E-state index in [-0.39, 0.29) is 18.0 Å². The van der Waals surface area contributed by atoms with E-state index in [1.54, 1.807) is 24.3 Å². The van der Waals surface area contributed by atoms with E-state index in [9.17, 15) is 9.59 Å². The summed E-state index contributed by atoms with van der Waals surface area (Å²) in [7, 11) is 0. The molecule has 9 heteroatoms. The monoisotopic (exact) mass is 408 g/mol. The van der Waals surface area contributed by atoms with E-state index in [1.165, 1.54) is 15.6 Å². The minimum atomic E-state index is -0.446. The number of nitrogens with zero attached hydrogens (tertiary/aromatic N) is 5. The van der Waals surface area contributed by atoms with Gasteiger partial charge in [-0.25, -0.2) is 4.98 Å². The van der Waals surface area contributed by atoms with Gasteiger partial charge in [0.2, 0.25) is 5.91 Å². The van der Waals surface area contributed by atoms with Crippen LogP contribution >= 0.6 is 11.6 Å². The lowest BCUT2D eigenvalue weighted by molar-refractivity contribution is -0.116. The summed E-state index contributed by atoms with van der Waals surface area (Å²) in [6, 6.07) is 12.7. The molecule has 8 nitrogen and oxygen atoms in total. The molecule has 29 heavy (non-hydrogen) atoms. The van der Waals surface area contributed by atoms with Crippen LogP contribution in [0.25, 0.3) is 16.9 Å². The van der Waals surface area contributed by atoms with E-state index in [2.05, 4.69) is 20.6 Å². The number of carbonyl (C=O) groups excluding carboxylic acids is 1. The first-order chi connectivity index (χ1) is 13.9. The Bertz CT molecular complexity index is 1270. The highest BCUT2D eigenvalue weighted by atomic mass is 35.5. The third kappa shape index (κ3) is 3.88. The van der Waals surface area contributed by atoms with Gasteiger partial charge in [0.05, 0.1) is 5.69 Å². The number of rotatable bonds is 4. The molecule has 1 N–H and O–H groups in total. The molecule has 0 radical (unpaired) electrons. The zero-order valence-electron chi connectivity index (χ0n) is 15.8. The summed E-state index contributed by atoms with van der Waals surface area (Å²) in [6.07, 6.45) is 1.32. The number of aryl methyl sites for hydroxylation is 2. The summed E-state index contributed by atoms with van der Waals surface area (Å²) in [6.45, 7) is 3.72. The predicted molar refractivity (Wildman–Crippen MR) is 110 cm³/mol. The van der Waals surface area contributed by atoms with Gasteiger partial charge in [0.1, 0.15) is 12.9 Å². The molecule has 0 fully saturated rings. The van der Waals surface area contributed by atoms with Crippen LogP contribution in [0.2, 0.25) is 5.02 Å². The minimum absolute atomic E-state index is 0.0756. The fraction of sp³-hybridized carbons (Fsp3) is 0.150. The number of aromatic nitrogens is 5. The van der Waals surface area contributed by atoms with Gasteiger partial charge in [0, 0.05) is 10.7 Å². The molecule has 0 aliphatic rings. The maximum Gasteiger partial charge on any atom is 0.284 e. The van der Waals surface area contributed by atoms with E-state index in [4.69, 9.17) is 11.6 Å². The van der Waals surface area contributed by atoms with Gasteiger partial charge < -0.3 is 5.32 Å². The van der Waals surface area contributed by atoms with E-state index >= 15 is 0 Å². The standard InChI is InChI=1S/C20H17ClN6O2/c1-12-6-13(2)8-15(7-12)23-17(28)10-26-11-22-19-18(20(26)29)24-25-27(19)16-5-3-4-14(21)9-16/h3-9,11H,10H2,1-2H3,(H,23,28). The van der Waals surface area contributed by atoms with Crippen molar-refractivity contribution in [3.63, 3.8) is 0 Å². The van der Waals surface area contributed by atoms with Crippen LogP contribution < -0.4 is 10.9 Å². The molecule has 4 aromatic rings. The topological polar surface area (TPSA) is 94.7 Å². The van der Waals surface area contributed by atoms with Crippen molar-refractivity contribution in [1.29, 1.82) is 0 Å². The number of halogens is 1. The fourth-order valence-electron chi connectivity index (χ4n) is 3.14. The van der Waals surface area contributed by atoms with Crippen LogP contribution in [-0.4, -0.2) is 30.5 Å². The highest BCUT2D eigenvalue weighted by molar-refractivity contribution is 6.30. The molecule has 0 unspecified atom stereocenters. The molecule has 2 heterocycles. The SMILES string of the molecule is Cc1cc(C)cc(NC(=O)Cn2cnc3c(nnn3-c3cccc(Cl)c3)c2=O)c1. The Kier molecular flexibility index (Phi) is 4.85. The molecule has 0 saturated heterocycles. The quantitative estimate of drug-likeness (QED) is 0.560. The van der Waals surface area contributed by atoms with Gasteiger partial charge in [-0.3, -0.25) is 14.2 Å². The normalized spacial score (nSPS) is 11.0. The zero-order chi connectivity index (χ0) is 20.5. The molecule has 0 aliphatic heterocycles. The number of anilines is 1. The maximum atomic E-state index is 12.7. The molecule has 1 amide bonds. The lowest BCUT2D eigenvalue weighted by Gasteiger charge is -2.09. The van der Waals surface area contributed by atoms with Gasteiger partial charge >= 0.3 is 0 Å². The molecule has 146 valence electrons. The Morgan fingerprint density at radius 2 is 1.90 bits per heavy atom. The number of hydrogen-bond donors (Lipinski definition) is 1. The van der Waals surface area contributed by atoms with Crippen molar-refractivity contribution in [3.05, 3.63) is 75.3 Å². The Hall–Kier alpha value is -3.52. The van der Waals surface area contributed by atoms with Crippen LogP contribution in [0.15, 0.2) is 53.6 Å². The average Bonchev–Trinajstić information content (AvgIpc) is 3.08. The van der Waals surface area contributed by atoms with Crippen LogP contribution in [0.5, 0.6) is 0 Å². The summed E-state index contributed by atoms with van der Waals surface area (Å²) in [5.74, 6) is -0.333. The Balaban J connectivity index is 1.61. The van der Waals surface area contributed by atoms with Crippen LogP contribution in [0.1, 0.15) is 11.1 Å². The van der Waals surface area contributed by atoms with Gasteiger partial charge in [-0.05, 0) is 55.3 Å². The van der Waals surface area contributed by atoms with Crippen LogP contribution in [0.4, 0.5) is 5.69 Å². The smallest absolute Gasteiger partial charge is 0.284 e. The minimum Gasteiger partial charge on any atom is -0.325 e. The third-order valence-corrected chi connectivity index (χ3v) is 4.54. The van der Waals surface area contributed by atoms with Gasteiger partial charge in [-0.15, -0.1) is 5.10 Å². The molecule has 0 spiro atoms. The zero-order valence-corrected chi connectivity index (χ0v) is 16.5. The van der Waals surface area contributed by atoms with Crippen molar-refractivity contribution >= 4 is 34.4 Å². The molecule has 0 atom stereocenters. The van der Waals surface area contributed by atoms with Gasteiger partial charge in [0.15, 0.2) is 11.2 Å². The largest absolute Gasteiger partial charge is 0.325 e. The molecule has 0 bridgehead atoms.